The Morgan fingerprint density at radius 1 is 1.16 bits per heavy atom. The standard InChI is InChI=1S/C22H19ClFN3O4/c1-12-25-17-5-2-13(6-18(17)31-12)20(29)27-22-9-21(10-22,11-22)26-19(28)8-30-14-3-4-15(23)16(24)7-14/h2-7H,8-11H2,1H3,(H,26,28)(H,27,29). The highest BCUT2D eigenvalue weighted by atomic mass is 35.5. The highest BCUT2D eigenvalue weighted by Gasteiger charge is 2.69. The predicted molar refractivity (Wildman–Crippen MR) is 111 cm³/mol. The predicted octanol–water partition coefficient (Wildman–Crippen LogP) is 3.53. The van der Waals surface area contributed by atoms with E-state index in [9.17, 15) is 14.0 Å². The van der Waals surface area contributed by atoms with Crippen LogP contribution < -0.4 is 15.4 Å². The third-order valence-corrected chi connectivity index (χ3v) is 6.14. The summed E-state index contributed by atoms with van der Waals surface area (Å²) in [5, 5.41) is 6.03. The first-order chi connectivity index (χ1) is 14.7. The Balaban J connectivity index is 1.12. The van der Waals surface area contributed by atoms with E-state index in [2.05, 4.69) is 15.6 Å². The van der Waals surface area contributed by atoms with Gasteiger partial charge in [-0.1, -0.05) is 11.6 Å². The first-order valence-corrected chi connectivity index (χ1v) is 10.2. The molecule has 3 aromatic rings. The Bertz CT molecular complexity index is 1200. The SMILES string of the molecule is Cc1nc2ccc(C(=O)NC34CC(NC(=O)COc5ccc(Cl)c(F)c5)(C3)C4)cc2o1. The van der Waals surface area contributed by atoms with E-state index < -0.39 is 5.82 Å². The van der Waals surface area contributed by atoms with Gasteiger partial charge in [0.2, 0.25) is 0 Å². The van der Waals surface area contributed by atoms with Gasteiger partial charge in [-0.3, -0.25) is 9.59 Å². The fraction of sp³-hybridized carbons (Fsp3) is 0.318. The van der Waals surface area contributed by atoms with Crippen molar-refractivity contribution in [2.24, 2.45) is 0 Å². The number of nitrogens with one attached hydrogen (secondary N) is 2. The van der Waals surface area contributed by atoms with Gasteiger partial charge in [0.25, 0.3) is 11.8 Å². The molecule has 3 aliphatic carbocycles. The smallest absolute Gasteiger partial charge is 0.258 e. The van der Waals surface area contributed by atoms with Crippen molar-refractivity contribution in [3.63, 3.8) is 0 Å². The van der Waals surface area contributed by atoms with Crippen LogP contribution in [0.1, 0.15) is 35.5 Å². The fourth-order valence-electron chi connectivity index (χ4n) is 4.59. The zero-order chi connectivity index (χ0) is 21.8. The van der Waals surface area contributed by atoms with Crippen LogP contribution in [0.5, 0.6) is 5.75 Å². The lowest BCUT2D eigenvalue weighted by atomic mass is 9.44. The number of hydrogen-bond donors (Lipinski definition) is 2. The van der Waals surface area contributed by atoms with Crippen LogP contribution in [0.15, 0.2) is 40.8 Å². The monoisotopic (exact) mass is 443 g/mol. The largest absolute Gasteiger partial charge is 0.484 e. The number of oxazole rings is 1. The molecule has 2 N–H and O–H groups in total. The number of benzene rings is 2. The lowest BCUT2D eigenvalue weighted by Crippen LogP contribution is -2.84. The van der Waals surface area contributed by atoms with E-state index in [1.807, 2.05) is 0 Å². The molecule has 7 nitrogen and oxygen atoms in total. The summed E-state index contributed by atoms with van der Waals surface area (Å²) in [4.78, 5) is 29.1. The fourth-order valence-corrected chi connectivity index (χ4v) is 4.71. The van der Waals surface area contributed by atoms with Crippen LogP contribution >= 0.6 is 11.6 Å². The Morgan fingerprint density at radius 2 is 1.90 bits per heavy atom. The van der Waals surface area contributed by atoms with Gasteiger partial charge in [-0.05, 0) is 49.6 Å². The maximum atomic E-state index is 13.4. The second kappa shape index (κ2) is 6.95. The van der Waals surface area contributed by atoms with Gasteiger partial charge in [-0.2, -0.15) is 0 Å². The summed E-state index contributed by atoms with van der Waals surface area (Å²) >= 11 is 5.63. The van der Waals surface area contributed by atoms with Crippen LogP contribution in [0, 0.1) is 12.7 Å². The molecule has 3 fully saturated rings. The highest BCUT2D eigenvalue weighted by Crippen LogP contribution is 2.60. The van der Waals surface area contributed by atoms with E-state index in [1.54, 1.807) is 25.1 Å². The number of fused-ring (bicyclic) bond motifs is 1. The van der Waals surface area contributed by atoms with Gasteiger partial charge in [-0.25, -0.2) is 9.37 Å². The number of amides is 2. The van der Waals surface area contributed by atoms with Crippen molar-refractivity contribution in [2.75, 3.05) is 6.61 Å². The molecule has 0 atom stereocenters. The number of aryl methyl sites for hydroxylation is 1. The average molecular weight is 444 g/mol. The first kappa shape index (κ1) is 19.8. The van der Waals surface area contributed by atoms with Gasteiger partial charge in [0.05, 0.1) is 5.02 Å². The third kappa shape index (κ3) is 3.61. The molecule has 2 amide bonds. The summed E-state index contributed by atoms with van der Waals surface area (Å²) in [6, 6.07) is 9.18. The molecular formula is C22H19ClFN3O4. The molecule has 160 valence electrons. The van der Waals surface area contributed by atoms with Crippen LogP contribution in [0.4, 0.5) is 4.39 Å². The van der Waals surface area contributed by atoms with Crippen molar-refractivity contribution in [3.05, 3.63) is 58.7 Å². The summed E-state index contributed by atoms with van der Waals surface area (Å²) in [6.07, 6.45) is 1.99. The zero-order valence-corrected chi connectivity index (χ0v) is 17.4. The Hall–Kier alpha value is -3.13. The molecule has 0 saturated heterocycles. The van der Waals surface area contributed by atoms with Crippen molar-refractivity contribution in [1.82, 2.24) is 15.6 Å². The van der Waals surface area contributed by atoms with Gasteiger partial charge in [0, 0.05) is 29.6 Å². The first-order valence-electron chi connectivity index (χ1n) is 9.84. The highest BCUT2D eigenvalue weighted by molar-refractivity contribution is 6.30. The Kier molecular flexibility index (Phi) is 4.44. The molecule has 0 radical (unpaired) electrons. The number of halogens is 2. The lowest BCUT2D eigenvalue weighted by Gasteiger charge is -2.70. The molecule has 9 heteroatoms. The Morgan fingerprint density at radius 3 is 2.65 bits per heavy atom. The van der Waals surface area contributed by atoms with E-state index in [1.165, 1.54) is 12.1 Å². The molecule has 2 aromatic carbocycles. The van der Waals surface area contributed by atoms with Gasteiger partial charge in [-0.15, -0.1) is 0 Å². The van der Waals surface area contributed by atoms with Crippen LogP contribution in [0.3, 0.4) is 0 Å². The molecule has 1 heterocycles. The van der Waals surface area contributed by atoms with Crippen LogP contribution in [-0.2, 0) is 4.79 Å². The molecule has 3 aliphatic rings. The summed E-state index contributed by atoms with van der Waals surface area (Å²) in [5.74, 6) is -0.286. The number of carbonyl (C=O) groups excluding carboxylic acids is 2. The molecule has 31 heavy (non-hydrogen) atoms. The van der Waals surface area contributed by atoms with Crippen molar-refractivity contribution in [1.29, 1.82) is 0 Å². The second-order valence-corrected chi connectivity index (χ2v) is 8.78. The van der Waals surface area contributed by atoms with Crippen molar-refractivity contribution in [2.45, 2.75) is 37.3 Å². The number of ether oxygens (including phenoxy) is 1. The van der Waals surface area contributed by atoms with Crippen LogP contribution in [0.25, 0.3) is 11.1 Å². The summed E-state index contributed by atoms with van der Waals surface area (Å²) < 4.78 is 24.3. The minimum atomic E-state index is -0.603. The maximum absolute atomic E-state index is 13.4. The lowest BCUT2D eigenvalue weighted by molar-refractivity contribution is -0.141. The minimum Gasteiger partial charge on any atom is -0.484 e. The van der Waals surface area contributed by atoms with E-state index in [4.69, 9.17) is 20.8 Å². The molecule has 2 bridgehead atoms. The van der Waals surface area contributed by atoms with Crippen molar-refractivity contribution >= 4 is 34.5 Å². The number of aromatic nitrogens is 1. The zero-order valence-electron chi connectivity index (χ0n) is 16.6. The van der Waals surface area contributed by atoms with E-state index in [-0.39, 0.29) is 40.3 Å². The summed E-state index contributed by atoms with van der Waals surface area (Å²) in [5.41, 5.74) is 1.19. The van der Waals surface area contributed by atoms with Gasteiger partial charge in [0.15, 0.2) is 18.1 Å². The average Bonchev–Trinajstić information content (AvgIpc) is 3.05. The molecule has 3 saturated carbocycles. The van der Waals surface area contributed by atoms with Crippen LogP contribution in [0.2, 0.25) is 5.02 Å². The van der Waals surface area contributed by atoms with E-state index in [0.29, 0.717) is 41.8 Å². The number of nitrogens with zero attached hydrogens (tertiary/aromatic N) is 1. The number of rotatable bonds is 6. The van der Waals surface area contributed by atoms with Gasteiger partial charge >= 0.3 is 0 Å². The minimum absolute atomic E-state index is 0.00567. The quantitative estimate of drug-likeness (QED) is 0.608. The molecular weight excluding hydrogens is 425 g/mol. The van der Waals surface area contributed by atoms with Crippen LogP contribution in [-0.4, -0.2) is 34.5 Å². The van der Waals surface area contributed by atoms with Crippen molar-refractivity contribution < 1.29 is 23.1 Å². The molecule has 0 aliphatic heterocycles. The van der Waals surface area contributed by atoms with Gasteiger partial charge < -0.3 is 19.8 Å². The maximum Gasteiger partial charge on any atom is 0.258 e. The van der Waals surface area contributed by atoms with Crippen molar-refractivity contribution in [3.8, 4) is 5.75 Å². The molecule has 1 aromatic heterocycles. The molecule has 6 rings (SSSR count). The summed E-state index contributed by atoms with van der Waals surface area (Å²) in [6.45, 7) is 1.53. The molecule has 0 spiro atoms. The summed E-state index contributed by atoms with van der Waals surface area (Å²) in [7, 11) is 0. The third-order valence-electron chi connectivity index (χ3n) is 5.83. The van der Waals surface area contributed by atoms with E-state index >= 15 is 0 Å². The van der Waals surface area contributed by atoms with E-state index in [0.717, 1.165) is 6.07 Å². The normalized spacial score (nSPS) is 23.6. The number of carbonyl (C=O) groups is 2. The second-order valence-electron chi connectivity index (χ2n) is 8.37. The molecule has 0 unspecified atom stereocenters. The number of hydrogen-bond acceptors (Lipinski definition) is 5. The Labute approximate surface area is 181 Å². The topological polar surface area (TPSA) is 93.5 Å². The van der Waals surface area contributed by atoms with Gasteiger partial charge in [0.1, 0.15) is 17.1 Å².